The number of hydrogen-bond acceptors (Lipinski definition) is 6. The van der Waals surface area contributed by atoms with Crippen molar-refractivity contribution in [2.24, 2.45) is 5.14 Å². The van der Waals surface area contributed by atoms with Gasteiger partial charge in [0.05, 0.1) is 5.75 Å². The zero-order valence-corrected chi connectivity index (χ0v) is 16.6. The topological polar surface area (TPSA) is 90.9 Å². The fraction of sp³-hybridized carbons (Fsp3) is 0.625. The van der Waals surface area contributed by atoms with E-state index in [0.717, 1.165) is 17.4 Å². The molecular formula is C16H24N4O2S3. The van der Waals surface area contributed by atoms with Gasteiger partial charge in [-0.2, -0.15) is 0 Å². The molecule has 0 amide bonds. The van der Waals surface area contributed by atoms with E-state index in [1.807, 2.05) is 0 Å². The van der Waals surface area contributed by atoms with Gasteiger partial charge >= 0.3 is 0 Å². The molecule has 2 N–H and O–H groups in total. The van der Waals surface area contributed by atoms with Crippen molar-refractivity contribution < 1.29 is 8.42 Å². The summed E-state index contributed by atoms with van der Waals surface area (Å²) < 4.78 is 24.5. The van der Waals surface area contributed by atoms with E-state index in [1.54, 1.807) is 23.1 Å². The van der Waals surface area contributed by atoms with E-state index in [1.165, 1.54) is 37.0 Å². The lowest BCUT2D eigenvalue weighted by molar-refractivity contribution is 0.330. The summed E-state index contributed by atoms with van der Waals surface area (Å²) in [6, 6.07) is 4.65. The van der Waals surface area contributed by atoms with Crippen LogP contribution in [0.15, 0.2) is 22.7 Å². The molecule has 0 aromatic carbocycles. The Morgan fingerprint density at radius 3 is 2.76 bits per heavy atom. The van der Waals surface area contributed by atoms with Crippen molar-refractivity contribution >= 4 is 33.1 Å². The smallest absolute Gasteiger partial charge is 0.209 e. The molecule has 0 radical (unpaired) electrons. The van der Waals surface area contributed by atoms with E-state index in [0.29, 0.717) is 18.2 Å². The van der Waals surface area contributed by atoms with Gasteiger partial charge in [-0.1, -0.05) is 37.1 Å². The number of nitrogens with zero attached hydrogens (tertiary/aromatic N) is 3. The third-order valence-electron chi connectivity index (χ3n) is 4.39. The molecule has 1 aliphatic carbocycles. The number of aromatic nitrogens is 3. The molecule has 2 heterocycles. The maximum Gasteiger partial charge on any atom is 0.209 e. The summed E-state index contributed by atoms with van der Waals surface area (Å²) >= 11 is 3.33. The molecule has 2 aromatic heterocycles. The number of thioether (sulfide) groups is 1. The molecular weight excluding hydrogens is 376 g/mol. The lowest BCUT2D eigenvalue weighted by Crippen LogP contribution is -2.18. The maximum absolute atomic E-state index is 11.1. The van der Waals surface area contributed by atoms with Gasteiger partial charge in [-0.15, -0.1) is 21.5 Å². The van der Waals surface area contributed by atoms with Gasteiger partial charge in [0.1, 0.15) is 5.82 Å². The Morgan fingerprint density at radius 1 is 1.28 bits per heavy atom. The van der Waals surface area contributed by atoms with E-state index in [4.69, 9.17) is 5.14 Å². The molecule has 1 saturated carbocycles. The van der Waals surface area contributed by atoms with Crippen molar-refractivity contribution in [2.45, 2.75) is 56.1 Å². The number of hydrogen-bond donors (Lipinski definition) is 1. The molecule has 0 saturated heterocycles. The van der Waals surface area contributed by atoms with Gasteiger partial charge in [-0.25, -0.2) is 13.6 Å². The third-order valence-corrected chi connectivity index (χ3v) is 7.16. The maximum atomic E-state index is 11.1. The molecule has 0 aliphatic heterocycles. The van der Waals surface area contributed by atoms with Gasteiger partial charge < -0.3 is 4.57 Å². The second-order valence-corrected chi connectivity index (χ2v) is 10.2. The van der Waals surface area contributed by atoms with E-state index < -0.39 is 10.0 Å². The van der Waals surface area contributed by atoms with Gasteiger partial charge in [0, 0.05) is 23.1 Å². The monoisotopic (exact) mass is 400 g/mol. The standard InChI is InChI=1S/C16H24N4O2S3/c17-25(21,22)11-5-10-24-16-19-18-15(12-14-8-4-9-23-14)20(16)13-6-2-1-3-7-13/h4,8-9,13H,1-3,5-7,10-12H2,(H2,17,21,22). The highest BCUT2D eigenvalue weighted by Crippen LogP contribution is 2.33. The quantitative estimate of drug-likeness (QED) is 0.543. The summed E-state index contributed by atoms with van der Waals surface area (Å²) in [7, 11) is -3.39. The molecule has 3 rings (SSSR count). The lowest BCUT2D eigenvalue weighted by atomic mass is 9.95. The Morgan fingerprint density at radius 2 is 2.08 bits per heavy atom. The van der Waals surface area contributed by atoms with Crippen LogP contribution in [0.3, 0.4) is 0 Å². The highest BCUT2D eigenvalue weighted by molar-refractivity contribution is 7.99. The van der Waals surface area contributed by atoms with Crippen LogP contribution in [0.25, 0.3) is 0 Å². The minimum absolute atomic E-state index is 0.0135. The molecule has 25 heavy (non-hydrogen) atoms. The van der Waals surface area contributed by atoms with Crippen molar-refractivity contribution in [1.29, 1.82) is 0 Å². The Bertz CT molecular complexity index is 765. The average molecular weight is 401 g/mol. The molecule has 2 aromatic rings. The normalized spacial score (nSPS) is 16.4. The van der Waals surface area contributed by atoms with Crippen LogP contribution in [0.2, 0.25) is 0 Å². The van der Waals surface area contributed by atoms with Crippen LogP contribution < -0.4 is 5.14 Å². The first kappa shape index (κ1) is 18.9. The van der Waals surface area contributed by atoms with E-state index in [-0.39, 0.29) is 5.75 Å². The first-order valence-corrected chi connectivity index (χ1v) is 12.2. The van der Waals surface area contributed by atoms with Crippen molar-refractivity contribution in [3.05, 3.63) is 28.2 Å². The summed E-state index contributed by atoms with van der Waals surface area (Å²) in [6.07, 6.45) is 7.46. The third kappa shape index (κ3) is 5.54. The lowest BCUT2D eigenvalue weighted by Gasteiger charge is -2.25. The van der Waals surface area contributed by atoms with Gasteiger partial charge in [0.15, 0.2) is 5.16 Å². The van der Waals surface area contributed by atoms with E-state index >= 15 is 0 Å². The summed E-state index contributed by atoms with van der Waals surface area (Å²) in [6.45, 7) is 0. The van der Waals surface area contributed by atoms with Crippen molar-refractivity contribution in [3.63, 3.8) is 0 Å². The molecule has 9 heteroatoms. The number of rotatable bonds is 8. The van der Waals surface area contributed by atoms with Gasteiger partial charge in [-0.3, -0.25) is 0 Å². The summed E-state index contributed by atoms with van der Waals surface area (Å²) in [5, 5.41) is 16.9. The van der Waals surface area contributed by atoms with Crippen LogP contribution in [0.5, 0.6) is 0 Å². The first-order chi connectivity index (χ1) is 12.0. The number of primary sulfonamides is 1. The zero-order valence-electron chi connectivity index (χ0n) is 14.1. The second-order valence-electron chi connectivity index (χ2n) is 6.39. The minimum Gasteiger partial charge on any atom is -0.303 e. The number of nitrogens with two attached hydrogens (primary N) is 1. The SMILES string of the molecule is NS(=O)(=O)CCCSc1nnc(Cc2cccs2)n1C1CCCCC1. The van der Waals surface area contributed by atoms with Crippen LogP contribution in [0.1, 0.15) is 55.3 Å². The highest BCUT2D eigenvalue weighted by atomic mass is 32.2. The van der Waals surface area contributed by atoms with Crippen LogP contribution in [0.4, 0.5) is 0 Å². The summed E-state index contributed by atoms with van der Waals surface area (Å²) in [5.41, 5.74) is 0. The van der Waals surface area contributed by atoms with Crippen LogP contribution in [-0.4, -0.2) is 34.7 Å². The Hall–Kier alpha value is -0.900. The highest BCUT2D eigenvalue weighted by Gasteiger charge is 2.23. The summed E-state index contributed by atoms with van der Waals surface area (Å²) in [5.74, 6) is 1.71. The van der Waals surface area contributed by atoms with Gasteiger partial charge in [0.2, 0.25) is 10.0 Å². The second kappa shape index (κ2) is 8.66. The van der Waals surface area contributed by atoms with Crippen molar-refractivity contribution in [1.82, 2.24) is 14.8 Å². The molecule has 0 spiro atoms. The molecule has 6 nitrogen and oxygen atoms in total. The first-order valence-electron chi connectivity index (χ1n) is 8.62. The molecule has 0 bridgehead atoms. The zero-order chi connectivity index (χ0) is 17.7. The van der Waals surface area contributed by atoms with Gasteiger partial charge in [-0.05, 0) is 30.7 Å². The average Bonchev–Trinajstić information content (AvgIpc) is 3.22. The fourth-order valence-electron chi connectivity index (χ4n) is 3.22. The predicted octanol–water partition coefficient (Wildman–Crippen LogP) is 3.21. The van der Waals surface area contributed by atoms with Crippen molar-refractivity contribution in [2.75, 3.05) is 11.5 Å². The van der Waals surface area contributed by atoms with Crippen molar-refractivity contribution in [3.8, 4) is 0 Å². The Labute approximate surface area is 157 Å². The number of sulfonamides is 1. The van der Waals surface area contributed by atoms with Crippen LogP contribution in [0, 0.1) is 0 Å². The van der Waals surface area contributed by atoms with E-state index in [9.17, 15) is 8.42 Å². The molecule has 138 valence electrons. The fourth-order valence-corrected chi connectivity index (χ4v) is 5.62. The number of thiophene rings is 1. The predicted molar refractivity (Wildman–Crippen MR) is 103 cm³/mol. The summed E-state index contributed by atoms with van der Waals surface area (Å²) in [4.78, 5) is 1.29. The Kier molecular flexibility index (Phi) is 6.54. The van der Waals surface area contributed by atoms with Gasteiger partial charge in [0.25, 0.3) is 0 Å². The van der Waals surface area contributed by atoms with Crippen LogP contribution >= 0.6 is 23.1 Å². The molecule has 0 atom stereocenters. The van der Waals surface area contributed by atoms with E-state index in [2.05, 4.69) is 32.3 Å². The molecule has 1 aliphatic rings. The molecule has 0 unspecified atom stereocenters. The largest absolute Gasteiger partial charge is 0.303 e. The Balaban J connectivity index is 1.73. The minimum atomic E-state index is -3.39. The van der Waals surface area contributed by atoms with Crippen LogP contribution in [-0.2, 0) is 16.4 Å². The molecule has 1 fully saturated rings.